The number of hydrogen-bond acceptors (Lipinski definition) is 7. The summed E-state index contributed by atoms with van der Waals surface area (Å²) >= 11 is 0. The number of aliphatic carboxylic acids is 1. The monoisotopic (exact) mass is 796 g/mol. The molecule has 0 unspecified atom stereocenters. The van der Waals surface area contributed by atoms with Gasteiger partial charge in [0.25, 0.3) is 5.91 Å². The van der Waals surface area contributed by atoms with Crippen molar-refractivity contribution in [3.05, 3.63) is 66.0 Å². The second-order valence-corrected chi connectivity index (χ2v) is 16.7. The van der Waals surface area contributed by atoms with Crippen LogP contribution in [-0.2, 0) is 11.0 Å². The summed E-state index contributed by atoms with van der Waals surface area (Å²) in [5.41, 5.74) is -3.30. The first-order valence-corrected chi connectivity index (χ1v) is 19.7. The van der Waals surface area contributed by atoms with Gasteiger partial charge in [-0.05, 0) is 92.9 Å². The summed E-state index contributed by atoms with van der Waals surface area (Å²) in [5.74, 6) is -5.30. The largest absolute Gasteiger partial charge is 0.490 e. The molecule has 0 spiro atoms. The van der Waals surface area contributed by atoms with Gasteiger partial charge in [0.05, 0.1) is 11.1 Å². The Kier molecular flexibility index (Phi) is 9.18. The van der Waals surface area contributed by atoms with Crippen LogP contribution < -0.4 is 15.0 Å². The van der Waals surface area contributed by atoms with E-state index < -0.39 is 52.6 Å². The summed E-state index contributed by atoms with van der Waals surface area (Å²) in [5, 5.41) is 13.5. The first-order valence-electron chi connectivity index (χ1n) is 19.7. The predicted octanol–water partition coefficient (Wildman–Crippen LogP) is 8.46. The fraction of sp³-hybridized carbons (Fsp3) is 0.537. The van der Waals surface area contributed by atoms with E-state index in [4.69, 9.17) is 4.74 Å². The number of aromatic nitrogens is 4. The Morgan fingerprint density at radius 3 is 2.25 bits per heavy atom. The zero-order valence-electron chi connectivity index (χ0n) is 31.0. The SMILES string of the molecule is O=C(NC1(C(=O)O)C2CC3CC(C2)CC1C3)c1cnc(-c2cn(C3CCC(F)(F)CC3)c3cc(OC4CCN(c5ncccc5F)CC4)ccc23)nc1C(F)(F)F. The molecule has 16 heteroatoms. The number of ether oxygens (including phenoxy) is 1. The minimum Gasteiger partial charge on any atom is -0.490 e. The molecule has 57 heavy (non-hydrogen) atoms. The number of carbonyl (C=O) groups excluding carboxylic acids is 1. The average Bonchev–Trinajstić information content (AvgIpc) is 3.54. The van der Waals surface area contributed by atoms with E-state index in [-0.39, 0.29) is 60.8 Å². The number of nitrogens with one attached hydrogen (secondary N) is 1. The van der Waals surface area contributed by atoms with Gasteiger partial charge < -0.3 is 24.6 Å². The lowest BCUT2D eigenvalue weighted by molar-refractivity contribution is -0.163. The third-order valence-electron chi connectivity index (χ3n) is 13.3. The molecular weight excluding hydrogens is 754 g/mol. The maximum atomic E-state index is 14.8. The van der Waals surface area contributed by atoms with Crippen molar-refractivity contribution in [1.82, 2.24) is 24.8 Å². The molecule has 1 aromatic carbocycles. The second kappa shape index (κ2) is 13.9. The Balaban J connectivity index is 1.03. The summed E-state index contributed by atoms with van der Waals surface area (Å²) in [4.78, 5) is 40.9. The molecule has 1 saturated heterocycles. The van der Waals surface area contributed by atoms with Crippen LogP contribution in [0.4, 0.5) is 32.2 Å². The quantitative estimate of drug-likeness (QED) is 0.171. The molecule has 1 aliphatic heterocycles. The number of benzene rings is 1. The highest BCUT2D eigenvalue weighted by Gasteiger charge is 2.62. The maximum Gasteiger partial charge on any atom is 0.434 e. The third-order valence-corrected chi connectivity index (χ3v) is 13.3. The Morgan fingerprint density at radius 2 is 1.61 bits per heavy atom. The number of piperidine rings is 1. The van der Waals surface area contributed by atoms with Gasteiger partial charge in [-0.2, -0.15) is 13.2 Å². The Labute approximate surface area is 324 Å². The van der Waals surface area contributed by atoms with Gasteiger partial charge in [-0.3, -0.25) is 4.79 Å². The summed E-state index contributed by atoms with van der Waals surface area (Å²) in [6.45, 7) is 1.01. The Morgan fingerprint density at radius 1 is 0.930 bits per heavy atom. The van der Waals surface area contributed by atoms with E-state index in [1.54, 1.807) is 29.0 Å². The molecule has 4 aromatic rings. The Bertz CT molecular complexity index is 2180. The molecule has 10 nitrogen and oxygen atoms in total. The molecule has 5 saturated carbocycles. The molecule has 1 amide bonds. The predicted molar refractivity (Wildman–Crippen MR) is 195 cm³/mol. The summed E-state index contributed by atoms with van der Waals surface area (Å²) in [6, 6.07) is 7.58. The first-order chi connectivity index (χ1) is 27.2. The topological polar surface area (TPSA) is 122 Å². The molecule has 10 rings (SSSR count). The first kappa shape index (κ1) is 37.7. The fourth-order valence-corrected chi connectivity index (χ4v) is 10.8. The Hall–Kier alpha value is -4.89. The zero-order chi connectivity index (χ0) is 39.9. The number of nitrogens with zero attached hydrogens (tertiary/aromatic N) is 5. The molecule has 5 aliphatic carbocycles. The molecule has 3 aromatic heterocycles. The minimum atomic E-state index is -5.10. The number of alkyl halides is 5. The zero-order valence-corrected chi connectivity index (χ0v) is 31.0. The van der Waals surface area contributed by atoms with Gasteiger partial charge in [0.2, 0.25) is 5.92 Å². The van der Waals surface area contributed by atoms with Crippen molar-refractivity contribution < 1.29 is 45.8 Å². The highest BCUT2D eigenvalue weighted by Crippen LogP contribution is 2.58. The second-order valence-electron chi connectivity index (χ2n) is 16.7. The fourth-order valence-electron chi connectivity index (χ4n) is 10.8. The van der Waals surface area contributed by atoms with Crippen LogP contribution in [0, 0.1) is 29.5 Å². The maximum absolute atomic E-state index is 14.8. The van der Waals surface area contributed by atoms with Crippen LogP contribution in [0.15, 0.2) is 48.9 Å². The lowest BCUT2D eigenvalue weighted by atomic mass is 9.48. The van der Waals surface area contributed by atoms with Crippen molar-refractivity contribution in [3.63, 3.8) is 0 Å². The van der Waals surface area contributed by atoms with Gasteiger partial charge in [0, 0.05) is 80.4 Å². The number of pyridine rings is 1. The van der Waals surface area contributed by atoms with Crippen molar-refractivity contribution in [2.24, 2.45) is 23.7 Å². The normalized spacial score (nSPS) is 27.5. The third kappa shape index (κ3) is 6.75. The van der Waals surface area contributed by atoms with Gasteiger partial charge >= 0.3 is 12.1 Å². The summed E-state index contributed by atoms with van der Waals surface area (Å²) < 4.78 is 95.5. The van der Waals surface area contributed by atoms with Gasteiger partial charge in [0.15, 0.2) is 23.2 Å². The number of anilines is 1. The summed E-state index contributed by atoms with van der Waals surface area (Å²) in [6.07, 6.45) is 2.71. The minimum absolute atomic E-state index is 0.131. The van der Waals surface area contributed by atoms with Crippen molar-refractivity contribution in [3.8, 4) is 17.1 Å². The highest BCUT2D eigenvalue weighted by molar-refractivity contribution is 6.00. The van der Waals surface area contributed by atoms with E-state index in [1.807, 2.05) is 4.90 Å². The number of hydrogen-bond donors (Lipinski definition) is 2. The standard InChI is InChI=1S/C41H42F6N6O4/c42-32-2-1-11-48-36(32)52-12-7-27(8-13-52)57-28-3-4-29-31(21-53(33(29)19-28)26-5-9-39(43,44)10-6-26)35-49-20-30(34(50-35)41(45,46)47)37(54)51-40(38(55)56)24-15-22-14-23(17-24)18-25(40)16-22/h1-4,11,19-27H,5-10,12-18H2,(H,51,54)(H,55,56). The molecule has 6 fully saturated rings. The number of rotatable bonds is 8. The number of halogens is 6. The average molecular weight is 797 g/mol. The van der Waals surface area contributed by atoms with E-state index in [0.29, 0.717) is 80.1 Å². The van der Waals surface area contributed by atoms with E-state index in [1.165, 1.54) is 18.3 Å². The van der Waals surface area contributed by atoms with Crippen LogP contribution >= 0.6 is 0 Å². The van der Waals surface area contributed by atoms with Crippen LogP contribution in [-0.4, -0.2) is 67.2 Å². The van der Waals surface area contributed by atoms with E-state index in [0.717, 1.165) is 12.6 Å². The highest BCUT2D eigenvalue weighted by atomic mass is 19.4. The molecule has 4 bridgehead atoms. The molecule has 302 valence electrons. The van der Waals surface area contributed by atoms with Crippen LogP contribution in [0.25, 0.3) is 22.3 Å². The summed E-state index contributed by atoms with van der Waals surface area (Å²) in [7, 11) is 0. The van der Waals surface area contributed by atoms with Gasteiger partial charge in [0.1, 0.15) is 17.4 Å². The van der Waals surface area contributed by atoms with E-state index in [9.17, 15) is 41.0 Å². The lowest BCUT2D eigenvalue weighted by Gasteiger charge is -2.59. The molecule has 2 N–H and O–H groups in total. The van der Waals surface area contributed by atoms with Crippen molar-refractivity contribution in [2.75, 3.05) is 18.0 Å². The van der Waals surface area contributed by atoms with E-state index >= 15 is 0 Å². The van der Waals surface area contributed by atoms with Crippen LogP contribution in [0.5, 0.6) is 5.75 Å². The van der Waals surface area contributed by atoms with Crippen LogP contribution in [0.2, 0.25) is 0 Å². The molecule has 6 aliphatic rings. The van der Waals surface area contributed by atoms with Crippen LogP contribution in [0.1, 0.15) is 92.7 Å². The van der Waals surface area contributed by atoms with Crippen molar-refractivity contribution >= 4 is 28.6 Å². The molecule has 0 atom stereocenters. The number of amides is 1. The van der Waals surface area contributed by atoms with Crippen molar-refractivity contribution in [1.29, 1.82) is 0 Å². The number of carbonyl (C=O) groups is 2. The smallest absolute Gasteiger partial charge is 0.434 e. The van der Waals surface area contributed by atoms with Crippen LogP contribution in [0.3, 0.4) is 0 Å². The molecular formula is C41H42F6N6O4. The van der Waals surface area contributed by atoms with Gasteiger partial charge in [-0.15, -0.1) is 0 Å². The molecule has 0 radical (unpaired) electrons. The number of carboxylic acids is 1. The van der Waals surface area contributed by atoms with Gasteiger partial charge in [-0.25, -0.2) is 32.9 Å². The molecule has 4 heterocycles. The van der Waals surface area contributed by atoms with Gasteiger partial charge in [-0.1, -0.05) is 0 Å². The number of carboxylic acid groups (broad SMARTS) is 1. The number of fused-ring (bicyclic) bond motifs is 1. The van der Waals surface area contributed by atoms with E-state index in [2.05, 4.69) is 20.3 Å². The van der Waals surface area contributed by atoms with Crippen molar-refractivity contribution in [2.45, 2.75) is 100 Å². The lowest BCUT2D eigenvalue weighted by Crippen LogP contribution is -2.70.